The standard InChI is InChI=1S/C26H26ClN3O3/c27-20-12-14-22(15-13-20)32-18-17-30-24-10-5-4-9-23(24)29-25(30)11-6-16-28-26(31)19-33-21-7-2-1-3-8-21/h1-5,7-10,12-15H,6,11,16-19H2,(H,28,31). The van der Waals surface area contributed by atoms with Crippen LogP contribution in [0.1, 0.15) is 12.2 Å². The van der Waals surface area contributed by atoms with Crippen LogP contribution in [0, 0.1) is 0 Å². The Morgan fingerprint density at radius 1 is 0.909 bits per heavy atom. The summed E-state index contributed by atoms with van der Waals surface area (Å²) >= 11 is 5.94. The Kier molecular flexibility index (Phi) is 7.82. The third-order valence-electron chi connectivity index (χ3n) is 5.14. The first kappa shape index (κ1) is 22.7. The molecule has 0 aliphatic heterocycles. The summed E-state index contributed by atoms with van der Waals surface area (Å²) in [6.07, 6.45) is 1.52. The largest absolute Gasteiger partial charge is 0.492 e. The number of para-hydroxylation sites is 3. The molecule has 0 saturated carbocycles. The first-order chi connectivity index (χ1) is 16.2. The number of halogens is 1. The number of imidazole rings is 1. The first-order valence-electron chi connectivity index (χ1n) is 11.0. The lowest BCUT2D eigenvalue weighted by molar-refractivity contribution is -0.123. The maximum Gasteiger partial charge on any atom is 0.257 e. The van der Waals surface area contributed by atoms with E-state index in [-0.39, 0.29) is 12.5 Å². The molecule has 170 valence electrons. The molecule has 0 unspecified atom stereocenters. The molecule has 0 saturated heterocycles. The van der Waals surface area contributed by atoms with Crippen molar-refractivity contribution >= 4 is 28.5 Å². The van der Waals surface area contributed by atoms with Crippen molar-refractivity contribution in [3.8, 4) is 11.5 Å². The number of nitrogens with one attached hydrogen (secondary N) is 1. The number of rotatable bonds is 11. The Morgan fingerprint density at radius 3 is 2.45 bits per heavy atom. The Hall–Kier alpha value is -3.51. The zero-order valence-corrected chi connectivity index (χ0v) is 19.0. The van der Waals surface area contributed by atoms with Crippen molar-refractivity contribution in [3.63, 3.8) is 0 Å². The number of carbonyl (C=O) groups excluding carboxylic acids is 1. The second-order valence-electron chi connectivity index (χ2n) is 7.53. The molecule has 1 amide bonds. The molecule has 0 radical (unpaired) electrons. The van der Waals surface area contributed by atoms with E-state index in [1.54, 1.807) is 0 Å². The van der Waals surface area contributed by atoms with Gasteiger partial charge in [0.15, 0.2) is 6.61 Å². The van der Waals surface area contributed by atoms with Gasteiger partial charge in [0.1, 0.15) is 23.9 Å². The van der Waals surface area contributed by atoms with Crippen LogP contribution >= 0.6 is 11.6 Å². The predicted molar refractivity (Wildman–Crippen MR) is 130 cm³/mol. The lowest BCUT2D eigenvalue weighted by atomic mass is 10.3. The lowest BCUT2D eigenvalue weighted by Crippen LogP contribution is -2.30. The molecule has 1 heterocycles. The number of amides is 1. The van der Waals surface area contributed by atoms with E-state index in [0.717, 1.165) is 35.4 Å². The summed E-state index contributed by atoms with van der Waals surface area (Å²) in [4.78, 5) is 16.8. The van der Waals surface area contributed by atoms with Crippen molar-refractivity contribution in [2.45, 2.75) is 19.4 Å². The topological polar surface area (TPSA) is 65.4 Å². The maximum absolute atomic E-state index is 12.1. The number of ether oxygens (including phenoxy) is 2. The monoisotopic (exact) mass is 463 g/mol. The van der Waals surface area contributed by atoms with E-state index in [1.165, 1.54) is 0 Å². The molecule has 6 nitrogen and oxygen atoms in total. The van der Waals surface area contributed by atoms with Crippen LogP contribution in [0.25, 0.3) is 11.0 Å². The number of benzene rings is 3. The van der Waals surface area contributed by atoms with Crippen molar-refractivity contribution in [3.05, 3.63) is 89.7 Å². The molecule has 4 aromatic rings. The zero-order valence-electron chi connectivity index (χ0n) is 18.2. The van der Waals surface area contributed by atoms with E-state index in [9.17, 15) is 4.79 Å². The molecular formula is C26H26ClN3O3. The van der Waals surface area contributed by atoms with Crippen molar-refractivity contribution in [2.75, 3.05) is 19.8 Å². The van der Waals surface area contributed by atoms with Gasteiger partial charge in [-0.1, -0.05) is 41.9 Å². The summed E-state index contributed by atoms with van der Waals surface area (Å²) in [7, 11) is 0. The van der Waals surface area contributed by atoms with Crippen LogP contribution in [0.5, 0.6) is 11.5 Å². The van der Waals surface area contributed by atoms with Gasteiger partial charge in [0, 0.05) is 18.0 Å². The fourth-order valence-corrected chi connectivity index (χ4v) is 3.67. The van der Waals surface area contributed by atoms with Crippen LogP contribution < -0.4 is 14.8 Å². The first-order valence-corrected chi connectivity index (χ1v) is 11.3. The van der Waals surface area contributed by atoms with Gasteiger partial charge in [-0.3, -0.25) is 4.79 Å². The molecule has 33 heavy (non-hydrogen) atoms. The van der Waals surface area contributed by atoms with Crippen LogP contribution in [-0.2, 0) is 17.8 Å². The Balaban J connectivity index is 1.28. The van der Waals surface area contributed by atoms with Crippen LogP contribution in [0.4, 0.5) is 0 Å². The van der Waals surface area contributed by atoms with Gasteiger partial charge in [0.2, 0.25) is 0 Å². The van der Waals surface area contributed by atoms with Crippen molar-refractivity contribution in [1.29, 1.82) is 0 Å². The molecule has 1 N–H and O–H groups in total. The van der Waals surface area contributed by atoms with E-state index >= 15 is 0 Å². The number of hydrogen-bond acceptors (Lipinski definition) is 4. The summed E-state index contributed by atoms with van der Waals surface area (Å²) < 4.78 is 13.5. The minimum absolute atomic E-state index is 0.00453. The third kappa shape index (κ3) is 6.49. The van der Waals surface area contributed by atoms with E-state index in [4.69, 9.17) is 26.1 Å². The average molecular weight is 464 g/mol. The molecule has 3 aromatic carbocycles. The number of aromatic nitrogens is 2. The average Bonchev–Trinajstić information content (AvgIpc) is 3.20. The molecule has 7 heteroatoms. The smallest absolute Gasteiger partial charge is 0.257 e. The highest BCUT2D eigenvalue weighted by atomic mass is 35.5. The highest BCUT2D eigenvalue weighted by molar-refractivity contribution is 6.30. The molecule has 0 fully saturated rings. The number of hydrogen-bond donors (Lipinski definition) is 1. The molecule has 4 rings (SSSR count). The molecule has 0 atom stereocenters. The van der Waals surface area contributed by atoms with Gasteiger partial charge >= 0.3 is 0 Å². The van der Waals surface area contributed by atoms with Gasteiger partial charge in [0.05, 0.1) is 17.6 Å². The fourth-order valence-electron chi connectivity index (χ4n) is 3.54. The molecule has 0 bridgehead atoms. The van der Waals surface area contributed by atoms with E-state index in [2.05, 4.69) is 16.0 Å². The van der Waals surface area contributed by atoms with Crippen molar-refractivity contribution in [2.24, 2.45) is 0 Å². The predicted octanol–water partition coefficient (Wildman–Crippen LogP) is 4.90. The van der Waals surface area contributed by atoms with Gasteiger partial charge in [-0.05, 0) is 55.0 Å². The van der Waals surface area contributed by atoms with Crippen LogP contribution in [0.15, 0.2) is 78.9 Å². The Labute approximate surface area is 198 Å². The molecule has 0 spiro atoms. The Bertz CT molecular complexity index is 1180. The lowest BCUT2D eigenvalue weighted by Gasteiger charge is -2.11. The molecule has 1 aromatic heterocycles. The SMILES string of the molecule is O=C(COc1ccccc1)NCCCc1nc2ccccc2n1CCOc1ccc(Cl)cc1. The second kappa shape index (κ2) is 11.4. The number of carbonyl (C=O) groups is 1. The molecule has 0 aliphatic carbocycles. The van der Waals surface area contributed by atoms with E-state index in [0.29, 0.717) is 30.5 Å². The summed E-state index contributed by atoms with van der Waals surface area (Å²) in [5.41, 5.74) is 2.03. The van der Waals surface area contributed by atoms with Gasteiger partial charge in [-0.25, -0.2) is 4.98 Å². The third-order valence-corrected chi connectivity index (χ3v) is 5.40. The van der Waals surface area contributed by atoms with Gasteiger partial charge in [-0.15, -0.1) is 0 Å². The van der Waals surface area contributed by atoms with Crippen LogP contribution in [0.2, 0.25) is 5.02 Å². The second-order valence-corrected chi connectivity index (χ2v) is 7.96. The summed E-state index contributed by atoms with van der Waals surface area (Å²) in [6.45, 7) is 1.75. The van der Waals surface area contributed by atoms with Crippen LogP contribution in [-0.4, -0.2) is 35.2 Å². The quantitative estimate of drug-likeness (QED) is 0.321. The number of nitrogens with zero attached hydrogens (tertiary/aromatic N) is 2. The number of fused-ring (bicyclic) bond motifs is 1. The van der Waals surface area contributed by atoms with Gasteiger partial charge < -0.3 is 19.4 Å². The number of aryl methyl sites for hydroxylation is 1. The van der Waals surface area contributed by atoms with Gasteiger partial charge in [0.25, 0.3) is 5.91 Å². The highest BCUT2D eigenvalue weighted by Gasteiger charge is 2.11. The van der Waals surface area contributed by atoms with Crippen molar-refractivity contribution < 1.29 is 14.3 Å². The fraction of sp³-hybridized carbons (Fsp3) is 0.231. The molecular weight excluding hydrogens is 438 g/mol. The minimum atomic E-state index is -0.135. The summed E-state index contributed by atoms with van der Waals surface area (Å²) in [6, 6.07) is 24.7. The highest BCUT2D eigenvalue weighted by Crippen LogP contribution is 2.19. The maximum atomic E-state index is 12.1. The minimum Gasteiger partial charge on any atom is -0.492 e. The Morgan fingerprint density at radius 2 is 1.64 bits per heavy atom. The van der Waals surface area contributed by atoms with E-state index in [1.807, 2.05) is 72.8 Å². The normalized spacial score (nSPS) is 10.8. The zero-order chi connectivity index (χ0) is 22.9. The van der Waals surface area contributed by atoms with Crippen LogP contribution in [0.3, 0.4) is 0 Å². The summed E-state index contributed by atoms with van der Waals surface area (Å²) in [5, 5.41) is 3.59. The summed E-state index contributed by atoms with van der Waals surface area (Å²) in [5.74, 6) is 2.31. The molecule has 0 aliphatic rings. The van der Waals surface area contributed by atoms with Gasteiger partial charge in [-0.2, -0.15) is 0 Å². The van der Waals surface area contributed by atoms with E-state index < -0.39 is 0 Å². The van der Waals surface area contributed by atoms with Crippen molar-refractivity contribution in [1.82, 2.24) is 14.9 Å².